The number of hydrogen-bond donors (Lipinski definition) is 0. The standard InChI is InChI=1S/C15H12BrClO3S/c1-20-15-6-5-10(7-13(15)17)14(18)9-21(19)12-4-2-3-11(16)8-12/h2-8H,9H2,1H3. The summed E-state index contributed by atoms with van der Waals surface area (Å²) < 4.78 is 18.1. The average molecular weight is 388 g/mol. The van der Waals surface area contributed by atoms with E-state index in [0.717, 1.165) is 4.47 Å². The predicted molar refractivity (Wildman–Crippen MR) is 87.8 cm³/mol. The minimum absolute atomic E-state index is 0.0842. The van der Waals surface area contributed by atoms with Gasteiger partial charge in [-0.05, 0) is 36.4 Å². The van der Waals surface area contributed by atoms with Crippen LogP contribution in [0.5, 0.6) is 5.75 Å². The van der Waals surface area contributed by atoms with Gasteiger partial charge in [-0.2, -0.15) is 0 Å². The first kappa shape index (κ1) is 16.2. The molecule has 21 heavy (non-hydrogen) atoms. The van der Waals surface area contributed by atoms with E-state index in [2.05, 4.69) is 15.9 Å². The third-order valence-electron chi connectivity index (χ3n) is 2.79. The van der Waals surface area contributed by atoms with E-state index in [1.54, 1.807) is 30.3 Å². The zero-order chi connectivity index (χ0) is 15.4. The Morgan fingerprint density at radius 3 is 2.67 bits per heavy atom. The van der Waals surface area contributed by atoms with E-state index in [-0.39, 0.29) is 11.5 Å². The molecule has 6 heteroatoms. The molecule has 0 aliphatic heterocycles. The summed E-state index contributed by atoms with van der Waals surface area (Å²) in [4.78, 5) is 12.8. The maximum absolute atomic E-state index is 12.2. The van der Waals surface area contributed by atoms with E-state index < -0.39 is 10.8 Å². The summed E-state index contributed by atoms with van der Waals surface area (Å²) in [6.07, 6.45) is 0. The van der Waals surface area contributed by atoms with Gasteiger partial charge in [-0.1, -0.05) is 33.6 Å². The number of methoxy groups -OCH3 is 1. The number of hydrogen-bond acceptors (Lipinski definition) is 3. The summed E-state index contributed by atoms with van der Waals surface area (Å²) in [5.41, 5.74) is 0.421. The highest BCUT2D eigenvalue weighted by molar-refractivity contribution is 9.10. The third kappa shape index (κ3) is 4.15. The van der Waals surface area contributed by atoms with Crippen LogP contribution in [0.1, 0.15) is 10.4 Å². The molecular weight excluding hydrogens is 376 g/mol. The maximum Gasteiger partial charge on any atom is 0.175 e. The van der Waals surface area contributed by atoms with Gasteiger partial charge in [0.25, 0.3) is 0 Å². The fourth-order valence-corrected chi connectivity index (χ4v) is 3.60. The van der Waals surface area contributed by atoms with Crippen LogP contribution in [0.15, 0.2) is 51.8 Å². The topological polar surface area (TPSA) is 43.4 Å². The van der Waals surface area contributed by atoms with Crippen LogP contribution >= 0.6 is 27.5 Å². The van der Waals surface area contributed by atoms with Crippen molar-refractivity contribution < 1.29 is 13.7 Å². The van der Waals surface area contributed by atoms with E-state index in [4.69, 9.17) is 16.3 Å². The molecule has 0 fully saturated rings. The van der Waals surface area contributed by atoms with E-state index >= 15 is 0 Å². The quantitative estimate of drug-likeness (QED) is 0.725. The van der Waals surface area contributed by atoms with E-state index in [1.807, 2.05) is 6.07 Å². The smallest absolute Gasteiger partial charge is 0.175 e. The van der Waals surface area contributed by atoms with Crippen LogP contribution in [0.3, 0.4) is 0 Å². The lowest BCUT2D eigenvalue weighted by atomic mass is 10.1. The van der Waals surface area contributed by atoms with Gasteiger partial charge in [0, 0.05) is 14.9 Å². The van der Waals surface area contributed by atoms with Crippen LogP contribution < -0.4 is 4.74 Å². The average Bonchev–Trinajstić information content (AvgIpc) is 2.47. The number of benzene rings is 2. The van der Waals surface area contributed by atoms with Crippen molar-refractivity contribution in [1.29, 1.82) is 0 Å². The predicted octanol–water partition coefficient (Wildman–Crippen LogP) is 4.10. The normalized spacial score (nSPS) is 12.0. The second-order valence-electron chi connectivity index (χ2n) is 4.22. The van der Waals surface area contributed by atoms with Crippen LogP contribution in [-0.2, 0) is 10.8 Å². The Hall–Kier alpha value is -1.17. The molecule has 2 aromatic carbocycles. The van der Waals surface area contributed by atoms with E-state index in [1.165, 1.54) is 13.2 Å². The molecule has 3 nitrogen and oxygen atoms in total. The first-order valence-electron chi connectivity index (χ1n) is 6.02. The SMILES string of the molecule is COc1ccc(C(=O)CS(=O)c2cccc(Br)c2)cc1Cl. The summed E-state index contributed by atoms with van der Waals surface area (Å²) in [5, 5.41) is 0.358. The Morgan fingerprint density at radius 1 is 1.29 bits per heavy atom. The molecule has 0 heterocycles. The van der Waals surface area contributed by atoms with Crippen molar-refractivity contribution >= 4 is 44.1 Å². The number of ketones is 1. The van der Waals surface area contributed by atoms with Crippen molar-refractivity contribution in [3.63, 3.8) is 0 Å². The Kier molecular flexibility index (Phi) is 5.56. The van der Waals surface area contributed by atoms with E-state index in [9.17, 15) is 9.00 Å². The maximum atomic E-state index is 12.2. The lowest BCUT2D eigenvalue weighted by molar-refractivity contribution is 0.102. The Bertz CT molecular complexity index is 703. The molecule has 1 unspecified atom stereocenters. The van der Waals surface area contributed by atoms with Crippen LogP contribution in [0.4, 0.5) is 0 Å². The minimum Gasteiger partial charge on any atom is -0.495 e. The summed E-state index contributed by atoms with van der Waals surface area (Å²) >= 11 is 9.30. The fourth-order valence-electron chi connectivity index (χ4n) is 1.73. The zero-order valence-corrected chi connectivity index (χ0v) is 14.3. The van der Waals surface area contributed by atoms with Crippen LogP contribution in [-0.4, -0.2) is 22.9 Å². The molecule has 0 spiro atoms. The van der Waals surface area contributed by atoms with E-state index in [0.29, 0.717) is 21.2 Å². The minimum atomic E-state index is -1.39. The highest BCUT2D eigenvalue weighted by Gasteiger charge is 2.14. The van der Waals surface area contributed by atoms with Crippen molar-refractivity contribution in [1.82, 2.24) is 0 Å². The molecular formula is C15H12BrClO3S. The van der Waals surface area contributed by atoms with Crippen LogP contribution in [0.25, 0.3) is 0 Å². The van der Waals surface area contributed by atoms with Gasteiger partial charge >= 0.3 is 0 Å². The second-order valence-corrected chi connectivity index (χ2v) is 6.99. The van der Waals surface area contributed by atoms with Gasteiger partial charge in [-0.3, -0.25) is 9.00 Å². The van der Waals surface area contributed by atoms with Crippen LogP contribution in [0, 0.1) is 0 Å². The number of Topliss-reactive ketones (excluding diaryl/α,β-unsaturated/α-hetero) is 1. The molecule has 0 aliphatic carbocycles. The Balaban J connectivity index is 2.14. The molecule has 2 aromatic rings. The number of ether oxygens (including phenoxy) is 1. The van der Waals surface area contributed by atoms with Crippen molar-refractivity contribution in [2.75, 3.05) is 12.9 Å². The van der Waals surface area contributed by atoms with Crippen molar-refractivity contribution in [2.24, 2.45) is 0 Å². The lowest BCUT2D eigenvalue weighted by Gasteiger charge is -2.06. The molecule has 1 atom stereocenters. The van der Waals surface area contributed by atoms with Gasteiger partial charge in [-0.25, -0.2) is 0 Å². The molecule has 0 aromatic heterocycles. The Morgan fingerprint density at radius 2 is 2.05 bits per heavy atom. The van der Waals surface area contributed by atoms with Gasteiger partial charge in [0.05, 0.1) is 28.7 Å². The number of carbonyl (C=O) groups excluding carboxylic acids is 1. The van der Waals surface area contributed by atoms with Crippen molar-refractivity contribution in [3.05, 3.63) is 57.5 Å². The first-order valence-corrected chi connectivity index (χ1v) is 8.51. The van der Waals surface area contributed by atoms with Gasteiger partial charge in [-0.15, -0.1) is 0 Å². The number of carbonyl (C=O) groups is 1. The monoisotopic (exact) mass is 386 g/mol. The summed E-state index contributed by atoms with van der Waals surface area (Å²) in [6.45, 7) is 0. The van der Waals surface area contributed by atoms with Crippen molar-refractivity contribution in [2.45, 2.75) is 4.90 Å². The summed E-state index contributed by atoms with van der Waals surface area (Å²) in [6, 6.07) is 11.9. The summed E-state index contributed by atoms with van der Waals surface area (Å²) in [7, 11) is 0.113. The molecule has 0 saturated carbocycles. The molecule has 0 bridgehead atoms. The number of rotatable bonds is 5. The first-order chi connectivity index (χ1) is 10.0. The second kappa shape index (κ2) is 7.20. The highest BCUT2D eigenvalue weighted by atomic mass is 79.9. The highest BCUT2D eigenvalue weighted by Crippen LogP contribution is 2.25. The number of halogens is 2. The zero-order valence-electron chi connectivity index (χ0n) is 11.1. The molecule has 0 amide bonds. The fraction of sp³-hybridized carbons (Fsp3) is 0.133. The molecule has 0 saturated heterocycles. The lowest BCUT2D eigenvalue weighted by Crippen LogP contribution is -2.11. The van der Waals surface area contributed by atoms with Gasteiger partial charge in [0.15, 0.2) is 5.78 Å². The van der Waals surface area contributed by atoms with Crippen LogP contribution in [0.2, 0.25) is 5.02 Å². The molecule has 2 rings (SSSR count). The van der Waals surface area contributed by atoms with Crippen molar-refractivity contribution in [3.8, 4) is 5.75 Å². The summed E-state index contributed by atoms with van der Waals surface area (Å²) in [5.74, 6) is 0.193. The van der Waals surface area contributed by atoms with Gasteiger partial charge in [0.1, 0.15) is 5.75 Å². The molecule has 0 N–H and O–H groups in total. The largest absolute Gasteiger partial charge is 0.495 e. The van der Waals surface area contributed by atoms with Gasteiger partial charge < -0.3 is 4.74 Å². The van der Waals surface area contributed by atoms with Gasteiger partial charge in [0.2, 0.25) is 0 Å². The molecule has 110 valence electrons. The molecule has 0 radical (unpaired) electrons. The molecule has 0 aliphatic rings. The Labute approximate surface area is 138 Å². The third-order valence-corrected chi connectivity index (χ3v) is 4.89.